The molecule has 33 heavy (non-hydrogen) atoms. The molecule has 0 bridgehead atoms. The predicted octanol–water partition coefficient (Wildman–Crippen LogP) is 6.82. The fourth-order valence-electron chi connectivity index (χ4n) is 5.59. The zero-order valence-corrected chi connectivity index (χ0v) is 19.1. The Hall–Kier alpha value is -3.08. The van der Waals surface area contributed by atoms with Gasteiger partial charge in [0.25, 0.3) is 0 Å². The van der Waals surface area contributed by atoms with Gasteiger partial charge in [-0.15, -0.1) is 6.58 Å². The number of aromatic nitrogens is 1. The molecule has 1 fully saturated rings. The van der Waals surface area contributed by atoms with E-state index in [1.807, 2.05) is 36.4 Å². The molecule has 2 aliphatic rings. The number of benzene rings is 2. The van der Waals surface area contributed by atoms with Gasteiger partial charge in [0, 0.05) is 22.9 Å². The van der Waals surface area contributed by atoms with E-state index in [9.17, 15) is 4.79 Å². The van der Waals surface area contributed by atoms with Gasteiger partial charge in [-0.25, -0.2) is 9.18 Å². The molecule has 1 aliphatic carbocycles. The summed E-state index contributed by atoms with van der Waals surface area (Å²) in [4.78, 5) is 12.3. The van der Waals surface area contributed by atoms with Crippen LogP contribution in [-0.2, 0) is 11.3 Å². The first kappa shape index (κ1) is 21.7. The minimum Gasteiger partial charge on any atom is -0.489 e. The van der Waals surface area contributed by atoms with Gasteiger partial charge in [0.1, 0.15) is 12.4 Å². The molecule has 1 atom stereocenters. The van der Waals surface area contributed by atoms with E-state index < -0.39 is 5.67 Å². The molecule has 3 aromatic rings. The Morgan fingerprint density at radius 1 is 1.24 bits per heavy atom. The molecular weight excluding hydrogens is 417 g/mol. The summed E-state index contributed by atoms with van der Waals surface area (Å²) in [7, 11) is 1.38. The van der Waals surface area contributed by atoms with E-state index in [2.05, 4.69) is 17.2 Å². The number of methoxy groups -OCH3 is 1. The molecule has 5 rings (SSSR count). The summed E-state index contributed by atoms with van der Waals surface area (Å²) < 4.78 is 29.3. The van der Waals surface area contributed by atoms with Crippen LogP contribution in [-0.4, -0.2) is 29.9 Å². The van der Waals surface area contributed by atoms with Crippen LogP contribution in [0.3, 0.4) is 0 Å². The van der Waals surface area contributed by atoms with E-state index in [0.29, 0.717) is 17.2 Å². The molecule has 1 aliphatic heterocycles. The Morgan fingerprint density at radius 3 is 2.79 bits per heavy atom. The second kappa shape index (κ2) is 8.69. The molecule has 1 unspecified atom stereocenters. The summed E-state index contributed by atoms with van der Waals surface area (Å²) in [6, 6.07) is 13.6. The van der Waals surface area contributed by atoms with Gasteiger partial charge >= 0.3 is 5.97 Å². The SMILES string of the molecule is C=CCC1(F)COc2ccccc2-c2c(C3CCCCC3)c3ccc(C(=O)OC)cc3n2C1. The molecule has 1 saturated carbocycles. The topological polar surface area (TPSA) is 40.5 Å². The first-order valence-corrected chi connectivity index (χ1v) is 11.8. The number of rotatable bonds is 4. The summed E-state index contributed by atoms with van der Waals surface area (Å²) >= 11 is 0. The van der Waals surface area contributed by atoms with Crippen molar-refractivity contribution in [2.24, 2.45) is 0 Å². The lowest BCUT2D eigenvalue weighted by Crippen LogP contribution is -2.37. The molecule has 0 N–H and O–H groups in total. The van der Waals surface area contributed by atoms with Gasteiger partial charge in [-0.1, -0.05) is 43.5 Å². The number of carbonyl (C=O) groups excluding carboxylic acids is 1. The van der Waals surface area contributed by atoms with Gasteiger partial charge in [-0.2, -0.15) is 0 Å². The van der Waals surface area contributed by atoms with Crippen LogP contribution >= 0.6 is 0 Å². The third-order valence-electron chi connectivity index (χ3n) is 7.12. The second-order valence-corrected chi connectivity index (χ2v) is 9.34. The fraction of sp³-hybridized carbons (Fsp3) is 0.393. The Bertz CT molecular complexity index is 1210. The van der Waals surface area contributed by atoms with Crippen LogP contribution in [0.1, 0.15) is 60.4 Å². The van der Waals surface area contributed by atoms with Crippen LogP contribution in [0.25, 0.3) is 22.2 Å². The van der Waals surface area contributed by atoms with Crippen LogP contribution in [0.2, 0.25) is 0 Å². The highest BCUT2D eigenvalue weighted by Crippen LogP contribution is 2.48. The number of hydrogen-bond donors (Lipinski definition) is 0. The minimum atomic E-state index is -1.61. The number of halogens is 1. The molecule has 0 saturated heterocycles. The van der Waals surface area contributed by atoms with E-state index in [-0.39, 0.29) is 25.5 Å². The van der Waals surface area contributed by atoms with Gasteiger partial charge in [-0.3, -0.25) is 0 Å². The molecule has 5 heteroatoms. The number of nitrogens with zero attached hydrogens (tertiary/aromatic N) is 1. The van der Waals surface area contributed by atoms with Gasteiger partial charge in [0.15, 0.2) is 5.67 Å². The molecule has 172 valence electrons. The standard InChI is InChI=1S/C28H30FNO3/c1-3-15-28(29)17-30-23-16-20(27(31)32-2)13-14-21(23)25(19-9-5-4-6-10-19)26(30)22-11-7-8-12-24(22)33-18-28/h3,7-8,11-14,16,19H,1,4-6,9-10,15,17-18H2,2H3. The van der Waals surface area contributed by atoms with Crippen LogP contribution in [0.4, 0.5) is 4.39 Å². The van der Waals surface area contributed by atoms with Crippen molar-refractivity contribution in [1.82, 2.24) is 4.57 Å². The first-order valence-electron chi connectivity index (χ1n) is 11.8. The predicted molar refractivity (Wildman–Crippen MR) is 129 cm³/mol. The van der Waals surface area contributed by atoms with Gasteiger partial charge < -0.3 is 14.0 Å². The monoisotopic (exact) mass is 447 g/mol. The maximum atomic E-state index is 16.2. The highest BCUT2D eigenvalue weighted by Gasteiger charge is 2.37. The second-order valence-electron chi connectivity index (χ2n) is 9.34. The summed E-state index contributed by atoms with van der Waals surface area (Å²) in [5, 5.41) is 1.09. The van der Waals surface area contributed by atoms with E-state index in [1.165, 1.54) is 31.9 Å². The first-order chi connectivity index (χ1) is 16.0. The van der Waals surface area contributed by atoms with Crippen molar-refractivity contribution in [2.45, 2.75) is 56.7 Å². The molecule has 0 radical (unpaired) electrons. The zero-order valence-electron chi connectivity index (χ0n) is 19.1. The smallest absolute Gasteiger partial charge is 0.337 e. The average Bonchev–Trinajstić information content (AvgIpc) is 3.14. The Morgan fingerprint density at radius 2 is 2.03 bits per heavy atom. The molecule has 0 spiro atoms. The molecule has 4 nitrogen and oxygen atoms in total. The van der Waals surface area contributed by atoms with Crippen molar-refractivity contribution < 1.29 is 18.7 Å². The van der Waals surface area contributed by atoms with E-state index >= 15 is 4.39 Å². The lowest BCUT2D eigenvalue weighted by Gasteiger charge is -2.31. The highest BCUT2D eigenvalue weighted by atomic mass is 19.1. The lowest BCUT2D eigenvalue weighted by molar-refractivity contribution is 0.0601. The zero-order chi connectivity index (χ0) is 23.0. The van der Waals surface area contributed by atoms with Crippen LogP contribution in [0, 0.1) is 0 Å². The van der Waals surface area contributed by atoms with E-state index in [1.54, 1.807) is 6.08 Å². The largest absolute Gasteiger partial charge is 0.489 e. The summed E-state index contributed by atoms with van der Waals surface area (Å²) in [5.41, 5.74) is 2.98. The number of hydrogen-bond acceptors (Lipinski definition) is 3. The van der Waals surface area contributed by atoms with Crippen LogP contribution < -0.4 is 4.74 Å². The molecule has 0 amide bonds. The fourth-order valence-corrected chi connectivity index (χ4v) is 5.59. The quantitative estimate of drug-likeness (QED) is 0.325. The lowest BCUT2D eigenvalue weighted by atomic mass is 9.81. The number of ether oxygens (including phenoxy) is 2. The Kier molecular flexibility index (Phi) is 5.73. The Balaban J connectivity index is 1.84. The average molecular weight is 448 g/mol. The van der Waals surface area contributed by atoms with Gasteiger partial charge in [0.05, 0.1) is 24.9 Å². The third kappa shape index (κ3) is 3.84. The molecule has 1 aromatic heterocycles. The summed E-state index contributed by atoms with van der Waals surface area (Å²) in [6.45, 7) is 3.86. The number of allylic oxidation sites excluding steroid dienone is 1. The van der Waals surface area contributed by atoms with Crippen molar-refractivity contribution in [3.05, 3.63) is 66.2 Å². The Labute approximate surface area is 194 Å². The number of alkyl halides is 1. The van der Waals surface area contributed by atoms with Crippen molar-refractivity contribution in [3.8, 4) is 17.0 Å². The van der Waals surface area contributed by atoms with Crippen molar-refractivity contribution >= 4 is 16.9 Å². The number of para-hydroxylation sites is 1. The van der Waals surface area contributed by atoms with Crippen LogP contribution in [0.5, 0.6) is 5.75 Å². The van der Waals surface area contributed by atoms with Gasteiger partial charge in [-0.05, 0) is 48.6 Å². The number of carbonyl (C=O) groups is 1. The highest BCUT2D eigenvalue weighted by molar-refractivity contribution is 5.99. The van der Waals surface area contributed by atoms with Gasteiger partial charge in [0.2, 0.25) is 0 Å². The summed E-state index contributed by atoms with van der Waals surface area (Å²) in [5.74, 6) is 0.693. The maximum Gasteiger partial charge on any atom is 0.337 e. The summed E-state index contributed by atoms with van der Waals surface area (Å²) in [6.07, 6.45) is 7.66. The third-order valence-corrected chi connectivity index (χ3v) is 7.12. The molecular formula is C28H30FNO3. The number of esters is 1. The van der Waals surface area contributed by atoms with Crippen molar-refractivity contribution in [1.29, 1.82) is 0 Å². The normalized spacial score (nSPS) is 20.8. The van der Waals surface area contributed by atoms with E-state index in [0.717, 1.165) is 35.0 Å². The van der Waals surface area contributed by atoms with E-state index in [4.69, 9.17) is 9.47 Å². The molecule has 2 aromatic carbocycles. The van der Waals surface area contributed by atoms with Crippen molar-refractivity contribution in [3.63, 3.8) is 0 Å². The van der Waals surface area contributed by atoms with Crippen molar-refractivity contribution in [2.75, 3.05) is 13.7 Å². The van der Waals surface area contributed by atoms with Crippen LogP contribution in [0.15, 0.2) is 55.1 Å². The number of fused-ring (bicyclic) bond motifs is 5. The maximum absolute atomic E-state index is 16.2. The minimum absolute atomic E-state index is 0.0510. The molecule has 2 heterocycles.